The lowest BCUT2D eigenvalue weighted by atomic mass is 10.0. The maximum Gasteiger partial charge on any atom is 0.231 e. The summed E-state index contributed by atoms with van der Waals surface area (Å²) in [5.74, 6) is 0.298. The predicted octanol–water partition coefficient (Wildman–Crippen LogP) is 5.07. The van der Waals surface area contributed by atoms with Gasteiger partial charge in [0.2, 0.25) is 5.91 Å². The summed E-state index contributed by atoms with van der Waals surface area (Å²) in [5.41, 5.74) is 10.1. The van der Waals surface area contributed by atoms with Gasteiger partial charge in [0.05, 0.1) is 11.6 Å². The zero-order valence-corrected chi connectivity index (χ0v) is 19.1. The van der Waals surface area contributed by atoms with Gasteiger partial charge < -0.3 is 16.4 Å². The van der Waals surface area contributed by atoms with Crippen molar-refractivity contribution in [3.63, 3.8) is 0 Å². The van der Waals surface area contributed by atoms with Crippen LogP contribution < -0.4 is 16.4 Å². The molecule has 0 radical (unpaired) electrons. The first-order valence-corrected chi connectivity index (χ1v) is 10.7. The van der Waals surface area contributed by atoms with E-state index in [0.717, 1.165) is 22.8 Å². The standard InChI is InChI=1S/C26H33N5O/c1-5-6-7-8-9-12-22(16-17-27)26(32)28-20(3)14-15-24-21(4)25(31-30-24)29-23-13-10-11-19(2)18-23/h5-15,18,22H,3,16-17,27H2,1-2,4H3,(H,28,32)(H2,29,30,31)/b6-5-,8-7-,12-9+,15-14-. The van der Waals surface area contributed by atoms with Gasteiger partial charge in [-0.25, -0.2) is 0 Å². The molecule has 1 amide bonds. The molecule has 6 nitrogen and oxygen atoms in total. The lowest BCUT2D eigenvalue weighted by molar-refractivity contribution is -0.122. The highest BCUT2D eigenvalue weighted by molar-refractivity contribution is 5.82. The Morgan fingerprint density at radius 3 is 2.75 bits per heavy atom. The second-order valence-corrected chi connectivity index (χ2v) is 7.43. The first kappa shape index (κ1) is 24.6. The van der Waals surface area contributed by atoms with Crippen molar-refractivity contribution in [3.8, 4) is 0 Å². The van der Waals surface area contributed by atoms with Crippen molar-refractivity contribution in [1.82, 2.24) is 15.5 Å². The van der Waals surface area contributed by atoms with E-state index in [4.69, 9.17) is 5.73 Å². The number of aromatic nitrogens is 2. The second-order valence-electron chi connectivity index (χ2n) is 7.43. The van der Waals surface area contributed by atoms with E-state index in [9.17, 15) is 4.79 Å². The number of aromatic amines is 1. The third kappa shape index (κ3) is 7.89. The van der Waals surface area contributed by atoms with Crippen LogP contribution in [0.5, 0.6) is 0 Å². The minimum absolute atomic E-state index is 0.135. The highest BCUT2D eigenvalue weighted by Crippen LogP contribution is 2.22. The maximum atomic E-state index is 12.6. The Bertz CT molecular complexity index is 1030. The van der Waals surface area contributed by atoms with E-state index in [-0.39, 0.29) is 11.8 Å². The van der Waals surface area contributed by atoms with Crippen LogP contribution in [0.15, 0.2) is 79.1 Å². The largest absolute Gasteiger partial charge is 0.339 e. The Morgan fingerprint density at radius 1 is 1.25 bits per heavy atom. The zero-order valence-electron chi connectivity index (χ0n) is 19.1. The van der Waals surface area contributed by atoms with Crippen LogP contribution in [0.1, 0.15) is 30.2 Å². The van der Waals surface area contributed by atoms with Crippen molar-refractivity contribution >= 4 is 23.5 Å². The van der Waals surface area contributed by atoms with Crippen LogP contribution in [-0.4, -0.2) is 22.6 Å². The highest BCUT2D eigenvalue weighted by Gasteiger charge is 2.14. The Kier molecular flexibility index (Phi) is 9.94. The summed E-state index contributed by atoms with van der Waals surface area (Å²) in [6.07, 6.45) is 15.5. The molecule has 168 valence electrons. The van der Waals surface area contributed by atoms with E-state index >= 15 is 0 Å². The van der Waals surface area contributed by atoms with E-state index < -0.39 is 0 Å². The molecule has 0 aliphatic carbocycles. The monoisotopic (exact) mass is 431 g/mol. The zero-order chi connectivity index (χ0) is 23.3. The molecular weight excluding hydrogens is 398 g/mol. The molecule has 1 unspecified atom stereocenters. The number of nitrogens with two attached hydrogens (primary N) is 1. The van der Waals surface area contributed by atoms with Crippen molar-refractivity contribution in [3.05, 3.63) is 95.9 Å². The molecule has 32 heavy (non-hydrogen) atoms. The van der Waals surface area contributed by atoms with Crippen LogP contribution in [0, 0.1) is 19.8 Å². The molecule has 1 aromatic heterocycles. The summed E-state index contributed by atoms with van der Waals surface area (Å²) in [6, 6.07) is 8.10. The summed E-state index contributed by atoms with van der Waals surface area (Å²) < 4.78 is 0. The fourth-order valence-electron chi connectivity index (χ4n) is 2.96. The van der Waals surface area contributed by atoms with Crippen molar-refractivity contribution in [2.45, 2.75) is 27.2 Å². The lowest BCUT2D eigenvalue weighted by Gasteiger charge is -2.12. The highest BCUT2D eigenvalue weighted by atomic mass is 16.1. The van der Waals surface area contributed by atoms with Crippen LogP contribution in [0.25, 0.3) is 6.08 Å². The molecule has 2 aromatic rings. The number of carbonyl (C=O) groups is 1. The van der Waals surface area contributed by atoms with E-state index in [2.05, 4.69) is 33.5 Å². The van der Waals surface area contributed by atoms with Gasteiger partial charge in [-0.15, -0.1) is 0 Å². The first-order valence-electron chi connectivity index (χ1n) is 10.7. The van der Waals surface area contributed by atoms with Crippen molar-refractivity contribution < 1.29 is 4.79 Å². The number of allylic oxidation sites excluding steroid dienone is 6. The number of anilines is 2. The SMILES string of the molecule is C=C(/C=C\c1[nH]nc(Nc2cccc(C)c2)c1C)NC(=O)C(/C=C/C=C\C=C/C)CCN. The topological polar surface area (TPSA) is 95.8 Å². The minimum Gasteiger partial charge on any atom is -0.339 e. The van der Waals surface area contributed by atoms with Crippen molar-refractivity contribution in [2.75, 3.05) is 11.9 Å². The van der Waals surface area contributed by atoms with Gasteiger partial charge in [0.15, 0.2) is 5.82 Å². The van der Waals surface area contributed by atoms with Crippen LogP contribution in [0.4, 0.5) is 11.5 Å². The maximum absolute atomic E-state index is 12.6. The average molecular weight is 432 g/mol. The second kappa shape index (κ2) is 12.9. The normalized spacial score (nSPS) is 12.9. The number of hydrogen-bond donors (Lipinski definition) is 4. The third-order valence-electron chi connectivity index (χ3n) is 4.75. The molecule has 0 spiro atoms. The summed E-state index contributed by atoms with van der Waals surface area (Å²) in [4.78, 5) is 12.6. The molecule has 0 aliphatic rings. The van der Waals surface area contributed by atoms with E-state index in [0.29, 0.717) is 18.7 Å². The number of carbonyl (C=O) groups excluding carboxylic acids is 1. The number of nitrogens with one attached hydrogen (secondary N) is 3. The van der Waals surface area contributed by atoms with Gasteiger partial charge in [0, 0.05) is 16.9 Å². The third-order valence-corrected chi connectivity index (χ3v) is 4.75. The van der Waals surface area contributed by atoms with Crippen LogP contribution in [0.2, 0.25) is 0 Å². The molecule has 1 heterocycles. The molecule has 2 rings (SSSR count). The fourth-order valence-corrected chi connectivity index (χ4v) is 2.96. The summed E-state index contributed by atoms with van der Waals surface area (Å²) >= 11 is 0. The molecular formula is C26H33N5O. The van der Waals surface area contributed by atoms with Gasteiger partial charge in [-0.1, -0.05) is 55.2 Å². The Morgan fingerprint density at radius 2 is 2.03 bits per heavy atom. The van der Waals surface area contributed by atoms with E-state index in [1.54, 1.807) is 6.08 Å². The molecule has 0 saturated carbocycles. The van der Waals surface area contributed by atoms with Crippen LogP contribution in [-0.2, 0) is 4.79 Å². The lowest BCUT2D eigenvalue weighted by Crippen LogP contribution is -2.29. The number of benzene rings is 1. The summed E-state index contributed by atoms with van der Waals surface area (Å²) in [5, 5.41) is 13.5. The Balaban J connectivity index is 1.98. The fraction of sp³-hybridized carbons (Fsp3) is 0.231. The van der Waals surface area contributed by atoms with E-state index in [1.807, 2.05) is 81.5 Å². The van der Waals surface area contributed by atoms with E-state index in [1.165, 1.54) is 5.56 Å². The molecule has 0 fully saturated rings. The van der Waals surface area contributed by atoms with Gasteiger partial charge >= 0.3 is 0 Å². The van der Waals surface area contributed by atoms with Crippen molar-refractivity contribution in [2.24, 2.45) is 11.7 Å². The first-order chi connectivity index (χ1) is 15.4. The van der Waals surface area contributed by atoms with Gasteiger partial charge in [0.1, 0.15) is 0 Å². The average Bonchev–Trinajstić information content (AvgIpc) is 3.10. The quantitative estimate of drug-likeness (QED) is 0.374. The number of H-pyrrole nitrogens is 1. The predicted molar refractivity (Wildman–Crippen MR) is 134 cm³/mol. The summed E-state index contributed by atoms with van der Waals surface area (Å²) in [6.45, 7) is 10.3. The number of aryl methyl sites for hydroxylation is 1. The van der Waals surface area contributed by atoms with Gasteiger partial charge in [-0.2, -0.15) is 5.10 Å². The molecule has 0 bridgehead atoms. The smallest absolute Gasteiger partial charge is 0.231 e. The summed E-state index contributed by atoms with van der Waals surface area (Å²) in [7, 11) is 0. The minimum atomic E-state index is -0.320. The van der Waals surface area contributed by atoms with Crippen LogP contribution in [0.3, 0.4) is 0 Å². The number of hydrogen-bond acceptors (Lipinski definition) is 4. The Labute approximate surface area is 190 Å². The number of amides is 1. The molecule has 1 aromatic carbocycles. The van der Waals surface area contributed by atoms with Gasteiger partial charge in [-0.3, -0.25) is 9.89 Å². The number of nitrogens with zero attached hydrogens (tertiary/aromatic N) is 1. The van der Waals surface area contributed by atoms with Crippen molar-refractivity contribution in [1.29, 1.82) is 0 Å². The van der Waals surface area contributed by atoms with Crippen LogP contribution >= 0.6 is 0 Å². The molecule has 0 aliphatic heterocycles. The number of rotatable bonds is 11. The van der Waals surface area contributed by atoms with Gasteiger partial charge in [0.25, 0.3) is 0 Å². The Hall–Kier alpha value is -3.64. The van der Waals surface area contributed by atoms with Gasteiger partial charge in [-0.05, 0) is 63.6 Å². The molecule has 5 N–H and O–H groups in total. The molecule has 6 heteroatoms. The molecule has 0 saturated heterocycles. The molecule has 1 atom stereocenters.